The number of β-amino-alcohol motifs (C(OH)–C–C–N with tert-alkyl or cyclic N) is 1. The molecule has 0 spiro atoms. The van der Waals surface area contributed by atoms with Gasteiger partial charge in [-0.3, -0.25) is 18.7 Å². The Morgan fingerprint density at radius 2 is 2.08 bits per heavy atom. The summed E-state index contributed by atoms with van der Waals surface area (Å²) in [5.41, 5.74) is -0.671. The van der Waals surface area contributed by atoms with Crippen molar-refractivity contribution >= 4 is 16.9 Å². The summed E-state index contributed by atoms with van der Waals surface area (Å²) in [5.74, 6) is -0.463. The molecule has 1 aliphatic heterocycles. The Morgan fingerprint density at radius 1 is 1.33 bits per heavy atom. The first-order valence-corrected chi connectivity index (χ1v) is 7.64. The molecule has 0 radical (unpaired) electrons. The van der Waals surface area contributed by atoms with Crippen LogP contribution in [0.25, 0.3) is 11.0 Å². The monoisotopic (exact) mass is 333 g/mol. The first-order valence-electron chi connectivity index (χ1n) is 7.64. The lowest BCUT2D eigenvalue weighted by Gasteiger charge is -2.14. The van der Waals surface area contributed by atoms with Gasteiger partial charge in [-0.25, -0.2) is 9.78 Å². The highest BCUT2D eigenvalue weighted by Gasteiger charge is 2.25. The van der Waals surface area contributed by atoms with E-state index in [0.717, 1.165) is 4.57 Å². The molecule has 3 heterocycles. The lowest BCUT2D eigenvalue weighted by molar-refractivity contribution is 0.0922. The van der Waals surface area contributed by atoms with Crippen LogP contribution in [0.15, 0.2) is 21.7 Å². The van der Waals surface area contributed by atoms with Crippen molar-refractivity contribution in [2.24, 2.45) is 20.0 Å². The topological polar surface area (TPSA) is 118 Å². The number of carbonyl (C=O) groups is 1. The van der Waals surface area contributed by atoms with Crippen LogP contribution in [0.1, 0.15) is 10.5 Å². The standard InChI is InChI=1S/C15H19N5O4/c1-19-12-9(14(23)20(2)15(19)24)3-4-10(18-12)13(22)17-6-8-5-16-7-11(8)21/h3-4,8,11,16,21H,5-7H2,1-2H3,(H,17,22). The number of aryl methyl sites for hydroxylation is 1. The Hall–Kier alpha value is -2.52. The lowest BCUT2D eigenvalue weighted by atomic mass is 10.1. The molecule has 1 aliphatic rings. The molecule has 2 aromatic rings. The Labute approximate surface area is 136 Å². The Balaban J connectivity index is 1.89. The van der Waals surface area contributed by atoms with Crippen LogP contribution < -0.4 is 21.9 Å². The minimum absolute atomic E-state index is 0.0499. The maximum atomic E-state index is 12.3. The quantitative estimate of drug-likeness (QED) is 0.595. The lowest BCUT2D eigenvalue weighted by Crippen LogP contribution is -2.38. The third-order valence-corrected chi connectivity index (χ3v) is 4.36. The van der Waals surface area contributed by atoms with Crippen LogP contribution in [-0.2, 0) is 14.1 Å². The Kier molecular flexibility index (Phi) is 4.20. The van der Waals surface area contributed by atoms with Crippen LogP contribution in [0.4, 0.5) is 0 Å². The van der Waals surface area contributed by atoms with Gasteiger partial charge in [-0.05, 0) is 12.1 Å². The van der Waals surface area contributed by atoms with Gasteiger partial charge in [-0.15, -0.1) is 0 Å². The third-order valence-electron chi connectivity index (χ3n) is 4.36. The molecule has 1 amide bonds. The highest BCUT2D eigenvalue weighted by molar-refractivity contribution is 5.94. The van der Waals surface area contributed by atoms with Crippen LogP contribution in [0.3, 0.4) is 0 Å². The second-order valence-electron chi connectivity index (χ2n) is 5.97. The third kappa shape index (κ3) is 2.72. The van der Waals surface area contributed by atoms with Crippen LogP contribution in [0.5, 0.6) is 0 Å². The fraction of sp³-hybridized carbons (Fsp3) is 0.467. The zero-order chi connectivity index (χ0) is 17.4. The number of nitrogens with zero attached hydrogens (tertiary/aromatic N) is 3. The highest BCUT2D eigenvalue weighted by atomic mass is 16.3. The van der Waals surface area contributed by atoms with E-state index in [-0.39, 0.29) is 22.6 Å². The first-order chi connectivity index (χ1) is 11.4. The molecule has 2 unspecified atom stereocenters. The molecule has 24 heavy (non-hydrogen) atoms. The Morgan fingerprint density at radius 3 is 2.75 bits per heavy atom. The summed E-state index contributed by atoms with van der Waals surface area (Å²) in [6, 6.07) is 2.94. The second-order valence-corrected chi connectivity index (χ2v) is 5.97. The molecule has 1 fully saturated rings. The van der Waals surface area contributed by atoms with Gasteiger partial charge >= 0.3 is 5.69 Å². The minimum Gasteiger partial charge on any atom is -0.391 e. The van der Waals surface area contributed by atoms with Gasteiger partial charge in [0.25, 0.3) is 11.5 Å². The molecule has 9 heteroatoms. The van der Waals surface area contributed by atoms with Crippen molar-refractivity contribution in [1.82, 2.24) is 24.8 Å². The van der Waals surface area contributed by atoms with E-state index in [4.69, 9.17) is 0 Å². The van der Waals surface area contributed by atoms with E-state index in [0.29, 0.717) is 19.6 Å². The van der Waals surface area contributed by atoms with Crippen molar-refractivity contribution in [3.63, 3.8) is 0 Å². The van der Waals surface area contributed by atoms with Crippen LogP contribution >= 0.6 is 0 Å². The van der Waals surface area contributed by atoms with Gasteiger partial charge in [0.05, 0.1) is 11.5 Å². The van der Waals surface area contributed by atoms with E-state index < -0.39 is 23.3 Å². The summed E-state index contributed by atoms with van der Waals surface area (Å²) in [6.45, 7) is 1.47. The largest absolute Gasteiger partial charge is 0.391 e. The van der Waals surface area contributed by atoms with Gasteiger partial charge in [0.1, 0.15) is 11.3 Å². The normalized spacial score (nSPS) is 20.5. The molecular formula is C15H19N5O4. The van der Waals surface area contributed by atoms with E-state index in [1.54, 1.807) is 0 Å². The van der Waals surface area contributed by atoms with Gasteiger partial charge in [0.15, 0.2) is 0 Å². The summed E-state index contributed by atoms with van der Waals surface area (Å²) < 4.78 is 2.23. The smallest absolute Gasteiger partial charge is 0.332 e. The predicted molar refractivity (Wildman–Crippen MR) is 86.9 cm³/mol. The fourth-order valence-corrected chi connectivity index (χ4v) is 2.82. The number of hydrogen-bond donors (Lipinski definition) is 3. The van der Waals surface area contributed by atoms with Crippen LogP contribution in [0.2, 0.25) is 0 Å². The van der Waals surface area contributed by atoms with E-state index in [2.05, 4.69) is 15.6 Å². The van der Waals surface area contributed by atoms with E-state index in [1.165, 1.54) is 30.8 Å². The number of carbonyl (C=O) groups excluding carboxylic acids is 1. The maximum absolute atomic E-state index is 12.3. The average Bonchev–Trinajstić information content (AvgIpc) is 3.00. The molecule has 2 aromatic heterocycles. The number of aliphatic hydroxyl groups excluding tert-OH is 1. The Bertz CT molecular complexity index is 916. The van der Waals surface area contributed by atoms with Gasteiger partial charge in [0.2, 0.25) is 0 Å². The molecule has 1 saturated heterocycles. The molecule has 0 saturated carbocycles. The van der Waals surface area contributed by atoms with Crippen LogP contribution in [0, 0.1) is 5.92 Å². The van der Waals surface area contributed by atoms with E-state index in [9.17, 15) is 19.5 Å². The van der Waals surface area contributed by atoms with Gasteiger partial charge in [-0.2, -0.15) is 0 Å². The fourth-order valence-electron chi connectivity index (χ4n) is 2.82. The van der Waals surface area contributed by atoms with E-state index >= 15 is 0 Å². The highest BCUT2D eigenvalue weighted by Crippen LogP contribution is 2.09. The molecule has 3 N–H and O–H groups in total. The van der Waals surface area contributed by atoms with Crippen molar-refractivity contribution in [2.75, 3.05) is 19.6 Å². The maximum Gasteiger partial charge on any atom is 0.332 e. The van der Waals surface area contributed by atoms with Crippen molar-refractivity contribution < 1.29 is 9.90 Å². The molecule has 3 rings (SSSR count). The van der Waals surface area contributed by atoms with Gasteiger partial charge in [-0.1, -0.05) is 0 Å². The summed E-state index contributed by atoms with van der Waals surface area (Å²) in [6.07, 6.45) is -0.487. The molecular weight excluding hydrogens is 314 g/mol. The first kappa shape index (κ1) is 16.3. The number of nitrogens with one attached hydrogen (secondary N) is 2. The van der Waals surface area contributed by atoms with Crippen molar-refractivity contribution in [3.8, 4) is 0 Å². The molecule has 9 nitrogen and oxygen atoms in total. The summed E-state index contributed by atoms with van der Waals surface area (Å²) >= 11 is 0. The summed E-state index contributed by atoms with van der Waals surface area (Å²) in [4.78, 5) is 40.5. The summed E-state index contributed by atoms with van der Waals surface area (Å²) in [5, 5.41) is 15.8. The molecule has 0 aliphatic carbocycles. The number of hydrogen-bond acceptors (Lipinski definition) is 6. The number of rotatable bonds is 3. The predicted octanol–water partition coefficient (Wildman–Crippen LogP) is -2.06. The molecule has 0 aromatic carbocycles. The molecule has 128 valence electrons. The summed E-state index contributed by atoms with van der Waals surface area (Å²) in [7, 11) is 2.89. The van der Waals surface area contributed by atoms with Crippen molar-refractivity contribution in [1.29, 1.82) is 0 Å². The SMILES string of the molecule is Cn1c(=O)c2ccc(C(=O)NCC3CNCC3O)nc2n(C)c1=O. The van der Waals surface area contributed by atoms with Crippen molar-refractivity contribution in [3.05, 3.63) is 38.7 Å². The zero-order valence-corrected chi connectivity index (χ0v) is 13.4. The van der Waals surface area contributed by atoms with E-state index in [1.807, 2.05) is 0 Å². The number of aromatic nitrogens is 3. The minimum atomic E-state index is -0.502. The van der Waals surface area contributed by atoms with Crippen LogP contribution in [-0.4, -0.2) is 50.9 Å². The van der Waals surface area contributed by atoms with Gasteiger partial charge < -0.3 is 15.7 Å². The second kappa shape index (κ2) is 6.17. The number of pyridine rings is 1. The number of fused-ring (bicyclic) bond motifs is 1. The number of aliphatic hydroxyl groups is 1. The average molecular weight is 333 g/mol. The molecule has 2 atom stereocenters. The van der Waals surface area contributed by atoms with Crippen molar-refractivity contribution in [2.45, 2.75) is 6.10 Å². The zero-order valence-electron chi connectivity index (χ0n) is 13.4. The van der Waals surface area contributed by atoms with Gasteiger partial charge in [0, 0.05) is 39.6 Å². The number of amides is 1. The molecule has 0 bridgehead atoms.